The van der Waals surface area contributed by atoms with E-state index in [9.17, 15) is 0 Å². The van der Waals surface area contributed by atoms with Crippen LogP contribution in [0.15, 0.2) is 36.3 Å². The predicted molar refractivity (Wildman–Crippen MR) is 52.6 cm³/mol. The molecule has 12 heavy (non-hydrogen) atoms. The van der Waals surface area contributed by atoms with E-state index in [4.69, 9.17) is 5.73 Å². The van der Waals surface area contributed by atoms with Gasteiger partial charge in [0.1, 0.15) is 0 Å². The Morgan fingerprint density at radius 3 is 2.83 bits per heavy atom. The molecule has 0 unspecified atom stereocenters. The van der Waals surface area contributed by atoms with Crippen molar-refractivity contribution < 1.29 is 1.43 Å². The summed E-state index contributed by atoms with van der Waals surface area (Å²) in [5.41, 5.74) is 7.90. The van der Waals surface area contributed by atoms with Gasteiger partial charge in [0.05, 0.1) is 0 Å². The lowest BCUT2D eigenvalue weighted by Gasteiger charge is -2.00. The summed E-state index contributed by atoms with van der Waals surface area (Å²) in [6.45, 7) is 1.96. The second-order valence-electron chi connectivity index (χ2n) is 2.72. The van der Waals surface area contributed by atoms with Crippen LogP contribution in [0.2, 0.25) is 0 Å². The lowest BCUT2D eigenvalue weighted by atomic mass is 10.1. The first-order valence-corrected chi connectivity index (χ1v) is 4.12. The standard InChI is InChI=1S/C10H14N2.H2/c1-2-10(11)4-3-9-5-7-12-8-6-9;/h2,5-8H,3-4,11H2,1H3;1H/b10-2+;. The molecule has 1 aromatic heterocycles. The molecule has 0 radical (unpaired) electrons. The average molecular weight is 164 g/mol. The zero-order valence-electron chi connectivity index (χ0n) is 7.33. The Bertz CT molecular complexity index is 257. The van der Waals surface area contributed by atoms with Crippen molar-refractivity contribution in [3.8, 4) is 0 Å². The Labute approximate surface area is 74.6 Å². The van der Waals surface area contributed by atoms with Gasteiger partial charge in [0.25, 0.3) is 0 Å². The maximum Gasteiger partial charge on any atom is 0.0270 e. The minimum absolute atomic E-state index is 0. The van der Waals surface area contributed by atoms with Crippen LogP contribution in [0.3, 0.4) is 0 Å². The van der Waals surface area contributed by atoms with Crippen LogP contribution < -0.4 is 5.73 Å². The normalized spacial score (nSPS) is 11.6. The van der Waals surface area contributed by atoms with E-state index in [0.29, 0.717) is 0 Å². The van der Waals surface area contributed by atoms with Gasteiger partial charge in [-0.05, 0) is 37.5 Å². The van der Waals surface area contributed by atoms with Gasteiger partial charge >= 0.3 is 0 Å². The van der Waals surface area contributed by atoms with Crippen LogP contribution in [0.25, 0.3) is 0 Å². The second-order valence-corrected chi connectivity index (χ2v) is 2.72. The van der Waals surface area contributed by atoms with Gasteiger partial charge < -0.3 is 5.73 Å². The summed E-state index contributed by atoms with van der Waals surface area (Å²) < 4.78 is 0. The number of nitrogens with zero attached hydrogens (tertiary/aromatic N) is 1. The summed E-state index contributed by atoms with van der Waals surface area (Å²) >= 11 is 0. The molecule has 0 amide bonds. The zero-order valence-corrected chi connectivity index (χ0v) is 7.33. The Morgan fingerprint density at radius 1 is 1.58 bits per heavy atom. The van der Waals surface area contributed by atoms with Crippen LogP contribution in [0.1, 0.15) is 20.3 Å². The predicted octanol–water partition coefficient (Wildman–Crippen LogP) is 2.12. The molecule has 0 bridgehead atoms. The van der Waals surface area contributed by atoms with E-state index in [1.54, 1.807) is 12.4 Å². The first kappa shape index (κ1) is 8.78. The van der Waals surface area contributed by atoms with Crippen LogP contribution in [0, 0.1) is 0 Å². The Balaban J connectivity index is 0.00000144. The molecule has 2 N–H and O–H groups in total. The van der Waals surface area contributed by atoms with Crippen LogP contribution in [-0.2, 0) is 6.42 Å². The minimum atomic E-state index is 0. The van der Waals surface area contributed by atoms with Gasteiger partial charge in [-0.15, -0.1) is 0 Å². The highest BCUT2D eigenvalue weighted by molar-refractivity contribution is 5.11. The molecule has 1 rings (SSSR count). The fourth-order valence-corrected chi connectivity index (χ4v) is 0.982. The molecule has 0 aliphatic heterocycles. The van der Waals surface area contributed by atoms with Crippen molar-refractivity contribution in [1.29, 1.82) is 0 Å². The third kappa shape index (κ3) is 2.74. The molecular weight excluding hydrogens is 148 g/mol. The number of allylic oxidation sites excluding steroid dienone is 2. The van der Waals surface area contributed by atoms with E-state index >= 15 is 0 Å². The lowest BCUT2D eigenvalue weighted by molar-refractivity contribution is 0.920. The molecular formula is C10H16N2. The van der Waals surface area contributed by atoms with Gasteiger partial charge in [-0.3, -0.25) is 4.98 Å². The summed E-state index contributed by atoms with van der Waals surface area (Å²) in [6.07, 6.45) is 7.49. The SMILES string of the molecule is C/C=C(/N)CCc1ccncc1.[HH]. The summed E-state index contributed by atoms with van der Waals surface area (Å²) in [4.78, 5) is 3.95. The minimum Gasteiger partial charge on any atom is -0.402 e. The first-order valence-electron chi connectivity index (χ1n) is 4.12. The van der Waals surface area contributed by atoms with Crippen molar-refractivity contribution >= 4 is 0 Å². The second kappa shape index (κ2) is 4.54. The van der Waals surface area contributed by atoms with E-state index in [-0.39, 0.29) is 1.43 Å². The van der Waals surface area contributed by atoms with Gasteiger partial charge in [-0.1, -0.05) is 6.08 Å². The van der Waals surface area contributed by atoms with Crippen LogP contribution >= 0.6 is 0 Å². The van der Waals surface area contributed by atoms with Crippen molar-refractivity contribution in [2.75, 3.05) is 0 Å². The topological polar surface area (TPSA) is 38.9 Å². The van der Waals surface area contributed by atoms with Gasteiger partial charge in [-0.25, -0.2) is 0 Å². The third-order valence-electron chi connectivity index (χ3n) is 1.82. The number of pyridine rings is 1. The van der Waals surface area contributed by atoms with E-state index in [0.717, 1.165) is 18.5 Å². The highest BCUT2D eigenvalue weighted by Crippen LogP contribution is 2.03. The first-order chi connectivity index (χ1) is 5.83. The van der Waals surface area contributed by atoms with Gasteiger partial charge in [0.15, 0.2) is 0 Å². The Kier molecular flexibility index (Phi) is 3.33. The average Bonchev–Trinajstić information content (AvgIpc) is 2.16. The molecule has 0 aromatic carbocycles. The summed E-state index contributed by atoms with van der Waals surface area (Å²) in [5.74, 6) is 0. The van der Waals surface area contributed by atoms with Crippen LogP contribution in [0.5, 0.6) is 0 Å². The molecule has 2 heteroatoms. The highest BCUT2D eigenvalue weighted by Gasteiger charge is 1.92. The molecule has 2 nitrogen and oxygen atoms in total. The monoisotopic (exact) mass is 164 g/mol. The van der Waals surface area contributed by atoms with Gasteiger partial charge in [0.2, 0.25) is 0 Å². The number of rotatable bonds is 3. The maximum absolute atomic E-state index is 5.67. The molecule has 0 aliphatic rings. The number of hydrogen-bond acceptors (Lipinski definition) is 2. The molecule has 0 aliphatic carbocycles. The summed E-state index contributed by atoms with van der Waals surface area (Å²) in [5, 5.41) is 0. The zero-order chi connectivity index (χ0) is 8.81. The number of aryl methyl sites for hydroxylation is 1. The molecule has 66 valence electrons. The highest BCUT2D eigenvalue weighted by atomic mass is 14.6. The molecule has 0 atom stereocenters. The van der Waals surface area contributed by atoms with Crippen molar-refractivity contribution in [2.24, 2.45) is 5.73 Å². The quantitative estimate of drug-likeness (QED) is 0.743. The molecule has 1 heterocycles. The smallest absolute Gasteiger partial charge is 0.0270 e. The van der Waals surface area contributed by atoms with Crippen LogP contribution in [-0.4, -0.2) is 4.98 Å². The van der Waals surface area contributed by atoms with E-state index in [2.05, 4.69) is 4.98 Å². The van der Waals surface area contributed by atoms with Crippen LogP contribution in [0.4, 0.5) is 0 Å². The molecule has 0 fully saturated rings. The largest absolute Gasteiger partial charge is 0.402 e. The van der Waals surface area contributed by atoms with Crippen molar-refractivity contribution in [3.63, 3.8) is 0 Å². The molecule has 1 aromatic rings. The fourth-order valence-electron chi connectivity index (χ4n) is 0.982. The summed E-state index contributed by atoms with van der Waals surface area (Å²) in [7, 11) is 0. The molecule has 0 saturated heterocycles. The molecule has 0 spiro atoms. The van der Waals surface area contributed by atoms with Gasteiger partial charge in [-0.2, -0.15) is 0 Å². The van der Waals surface area contributed by atoms with Gasteiger partial charge in [0, 0.05) is 19.5 Å². The Morgan fingerprint density at radius 2 is 2.25 bits per heavy atom. The maximum atomic E-state index is 5.67. The number of aromatic nitrogens is 1. The summed E-state index contributed by atoms with van der Waals surface area (Å²) in [6, 6.07) is 4.03. The van der Waals surface area contributed by atoms with E-state index in [1.807, 2.05) is 25.1 Å². The van der Waals surface area contributed by atoms with Crippen molar-refractivity contribution in [2.45, 2.75) is 19.8 Å². The lowest BCUT2D eigenvalue weighted by Crippen LogP contribution is -1.98. The number of hydrogen-bond donors (Lipinski definition) is 1. The van der Waals surface area contributed by atoms with Crippen molar-refractivity contribution in [3.05, 3.63) is 41.9 Å². The Hall–Kier alpha value is -1.31. The van der Waals surface area contributed by atoms with E-state index < -0.39 is 0 Å². The third-order valence-corrected chi connectivity index (χ3v) is 1.82. The number of nitrogens with two attached hydrogens (primary N) is 1. The van der Waals surface area contributed by atoms with E-state index in [1.165, 1.54) is 5.56 Å². The van der Waals surface area contributed by atoms with Crippen molar-refractivity contribution in [1.82, 2.24) is 4.98 Å². The molecule has 0 saturated carbocycles. The fraction of sp³-hybridized carbons (Fsp3) is 0.300.